The van der Waals surface area contributed by atoms with Gasteiger partial charge in [-0.3, -0.25) is 4.79 Å². The fourth-order valence-corrected chi connectivity index (χ4v) is 5.24. The number of hydrogen-bond acceptors (Lipinski definition) is 4. The average Bonchev–Trinajstić information content (AvgIpc) is 3.30. The molecule has 1 atom stereocenters. The van der Waals surface area contributed by atoms with E-state index in [0.717, 1.165) is 63.5 Å². The van der Waals surface area contributed by atoms with Gasteiger partial charge in [-0.15, -0.1) is 0 Å². The van der Waals surface area contributed by atoms with E-state index < -0.39 is 0 Å². The Balaban J connectivity index is 1.27. The molecule has 0 spiro atoms. The molecule has 1 amide bonds. The van der Waals surface area contributed by atoms with E-state index in [0.29, 0.717) is 16.2 Å². The van der Waals surface area contributed by atoms with E-state index in [1.807, 2.05) is 17.0 Å². The van der Waals surface area contributed by atoms with Crippen LogP contribution < -0.4 is 0 Å². The number of likely N-dealkylation sites (tertiary alicyclic amines) is 2. The van der Waals surface area contributed by atoms with E-state index in [1.165, 1.54) is 5.56 Å². The normalized spacial score (nSPS) is 21.4. The van der Waals surface area contributed by atoms with Crippen molar-refractivity contribution in [3.8, 4) is 0 Å². The van der Waals surface area contributed by atoms with Crippen LogP contribution in [-0.4, -0.2) is 52.8 Å². The molecule has 4 rings (SSSR count). The topological polar surface area (TPSA) is 36.4 Å². The Kier molecular flexibility index (Phi) is 6.21. The van der Waals surface area contributed by atoms with Gasteiger partial charge >= 0.3 is 0 Å². The van der Waals surface area contributed by atoms with Gasteiger partial charge in [0.2, 0.25) is 0 Å². The lowest BCUT2D eigenvalue weighted by molar-refractivity contribution is 0.0777. The quantitative estimate of drug-likeness (QED) is 0.674. The van der Waals surface area contributed by atoms with Crippen LogP contribution in [-0.2, 0) is 0 Å². The lowest BCUT2D eigenvalue weighted by atomic mass is 9.89. The van der Waals surface area contributed by atoms with Crippen LogP contribution >= 0.6 is 34.7 Å². The summed E-state index contributed by atoms with van der Waals surface area (Å²) < 4.78 is 17.6. The number of amides is 1. The molecule has 150 valence electrons. The minimum Gasteiger partial charge on any atom is -0.337 e. The van der Waals surface area contributed by atoms with E-state index in [1.54, 1.807) is 12.1 Å². The molecule has 0 radical (unpaired) electrons. The van der Waals surface area contributed by atoms with Gasteiger partial charge < -0.3 is 9.80 Å². The van der Waals surface area contributed by atoms with Gasteiger partial charge in [0.05, 0.1) is 0 Å². The zero-order valence-electron chi connectivity index (χ0n) is 15.4. The van der Waals surface area contributed by atoms with E-state index in [4.69, 9.17) is 23.2 Å². The molecule has 4 nitrogen and oxygen atoms in total. The first kappa shape index (κ1) is 20.1. The van der Waals surface area contributed by atoms with Crippen molar-refractivity contribution in [1.82, 2.24) is 14.2 Å². The molecule has 3 heterocycles. The summed E-state index contributed by atoms with van der Waals surface area (Å²) in [5.41, 5.74) is 1.51. The molecule has 2 aliphatic rings. The molecule has 2 saturated heterocycles. The summed E-state index contributed by atoms with van der Waals surface area (Å²) >= 11 is 13.1. The fraction of sp³-hybridized carbons (Fsp3) is 0.500. The maximum atomic E-state index is 13.1. The SMILES string of the molecule is O=C(c1nsc(Cl)c1Cl)N1CC[C@H](CN2CCC(c3ccc(F)cc3)CC2)C1. The van der Waals surface area contributed by atoms with Crippen LogP contribution in [0.3, 0.4) is 0 Å². The Labute approximate surface area is 178 Å². The van der Waals surface area contributed by atoms with Crippen molar-refractivity contribution >= 4 is 40.6 Å². The van der Waals surface area contributed by atoms with Crippen molar-refractivity contribution in [2.45, 2.75) is 25.2 Å². The molecule has 0 bridgehead atoms. The van der Waals surface area contributed by atoms with Gasteiger partial charge in [0.25, 0.3) is 5.91 Å². The summed E-state index contributed by atoms with van der Waals surface area (Å²) in [5.74, 6) is 0.683. The molecular formula is C20H22Cl2FN3OS. The molecule has 0 saturated carbocycles. The van der Waals surface area contributed by atoms with E-state index >= 15 is 0 Å². The van der Waals surface area contributed by atoms with Crippen LogP contribution in [0.25, 0.3) is 0 Å². The van der Waals surface area contributed by atoms with E-state index in [9.17, 15) is 9.18 Å². The maximum absolute atomic E-state index is 13.1. The van der Waals surface area contributed by atoms with Gasteiger partial charge in [-0.05, 0) is 73.4 Å². The van der Waals surface area contributed by atoms with Crippen LogP contribution in [0, 0.1) is 11.7 Å². The standard InChI is InChI=1S/C20H22Cl2FN3OS/c21-17-18(24-28-19(17)22)20(27)26-10-5-13(12-26)11-25-8-6-15(7-9-25)14-1-3-16(23)4-2-14/h1-4,13,15H,5-12H2/t13-/m1/s1. The predicted molar refractivity (Wildman–Crippen MR) is 111 cm³/mol. The lowest BCUT2D eigenvalue weighted by Crippen LogP contribution is -2.38. The van der Waals surface area contributed by atoms with Crippen LogP contribution in [0.15, 0.2) is 24.3 Å². The zero-order valence-corrected chi connectivity index (χ0v) is 17.7. The fourth-order valence-electron chi connectivity index (χ4n) is 4.26. The van der Waals surface area contributed by atoms with Gasteiger partial charge in [0, 0.05) is 19.6 Å². The summed E-state index contributed by atoms with van der Waals surface area (Å²) in [6.07, 6.45) is 3.18. The Morgan fingerprint density at radius 3 is 2.50 bits per heavy atom. The van der Waals surface area contributed by atoms with Gasteiger partial charge in [0.1, 0.15) is 15.2 Å². The molecule has 0 N–H and O–H groups in total. The smallest absolute Gasteiger partial charge is 0.275 e. The van der Waals surface area contributed by atoms with Gasteiger partial charge in [-0.25, -0.2) is 4.39 Å². The number of nitrogens with zero attached hydrogens (tertiary/aromatic N) is 3. The van der Waals surface area contributed by atoms with Crippen LogP contribution in [0.5, 0.6) is 0 Å². The third-order valence-corrected chi connectivity index (χ3v) is 7.43. The first-order valence-corrected chi connectivity index (χ1v) is 11.1. The highest BCUT2D eigenvalue weighted by molar-refractivity contribution is 7.11. The van der Waals surface area contributed by atoms with Crippen molar-refractivity contribution in [3.05, 3.63) is 50.7 Å². The second-order valence-corrected chi connectivity index (χ2v) is 9.40. The maximum Gasteiger partial charge on any atom is 0.275 e. The first-order chi connectivity index (χ1) is 13.5. The average molecular weight is 442 g/mol. The molecule has 1 aromatic heterocycles. The van der Waals surface area contributed by atoms with Crippen molar-refractivity contribution in [1.29, 1.82) is 0 Å². The summed E-state index contributed by atoms with van der Waals surface area (Å²) in [6, 6.07) is 6.92. The number of rotatable bonds is 4. The number of halogens is 3. The highest BCUT2D eigenvalue weighted by Gasteiger charge is 2.32. The zero-order chi connectivity index (χ0) is 19.7. The molecule has 0 unspecified atom stereocenters. The number of piperidine rings is 1. The Morgan fingerprint density at radius 1 is 1.14 bits per heavy atom. The van der Waals surface area contributed by atoms with Crippen molar-refractivity contribution in [3.63, 3.8) is 0 Å². The minimum atomic E-state index is -0.178. The summed E-state index contributed by atoms with van der Waals surface area (Å²) in [5, 5.41) is 0.267. The molecule has 2 aliphatic heterocycles. The van der Waals surface area contributed by atoms with Gasteiger partial charge in [-0.1, -0.05) is 35.3 Å². The molecule has 8 heteroatoms. The van der Waals surface area contributed by atoms with Crippen molar-refractivity contribution < 1.29 is 9.18 Å². The third kappa shape index (κ3) is 4.35. The minimum absolute atomic E-state index is 0.120. The summed E-state index contributed by atoms with van der Waals surface area (Å²) in [7, 11) is 0. The lowest BCUT2D eigenvalue weighted by Gasteiger charge is -2.33. The van der Waals surface area contributed by atoms with Crippen molar-refractivity contribution in [2.24, 2.45) is 5.92 Å². The summed E-state index contributed by atoms with van der Waals surface area (Å²) in [4.78, 5) is 17.0. The van der Waals surface area contributed by atoms with Gasteiger partial charge in [-0.2, -0.15) is 4.37 Å². The number of hydrogen-bond donors (Lipinski definition) is 0. The number of aromatic nitrogens is 1. The predicted octanol–water partition coefficient (Wildman–Crippen LogP) is 4.93. The van der Waals surface area contributed by atoms with E-state index in [-0.39, 0.29) is 22.4 Å². The summed E-state index contributed by atoms with van der Waals surface area (Å²) in [6.45, 7) is 4.56. The number of benzene rings is 1. The second-order valence-electron chi connectivity index (χ2n) is 7.65. The Hall–Kier alpha value is -1.21. The van der Waals surface area contributed by atoms with Gasteiger partial charge in [0.15, 0.2) is 5.69 Å². The molecule has 2 fully saturated rings. The third-order valence-electron chi connectivity index (χ3n) is 5.82. The van der Waals surface area contributed by atoms with E-state index in [2.05, 4.69) is 9.27 Å². The first-order valence-electron chi connectivity index (χ1n) is 9.59. The molecular weight excluding hydrogens is 420 g/mol. The molecule has 2 aromatic rings. The number of carbonyl (C=O) groups is 1. The molecule has 1 aromatic carbocycles. The van der Waals surface area contributed by atoms with Crippen LogP contribution in [0.1, 0.15) is 41.2 Å². The van der Waals surface area contributed by atoms with Crippen molar-refractivity contribution in [2.75, 3.05) is 32.7 Å². The second kappa shape index (κ2) is 8.66. The highest BCUT2D eigenvalue weighted by Crippen LogP contribution is 2.32. The number of carbonyl (C=O) groups excluding carboxylic acids is 1. The largest absolute Gasteiger partial charge is 0.337 e. The highest BCUT2D eigenvalue weighted by atomic mass is 35.5. The van der Waals surface area contributed by atoms with Crippen LogP contribution in [0.2, 0.25) is 9.36 Å². The Morgan fingerprint density at radius 2 is 1.86 bits per heavy atom. The monoisotopic (exact) mass is 441 g/mol. The van der Waals surface area contributed by atoms with Crippen LogP contribution in [0.4, 0.5) is 4.39 Å². The molecule has 0 aliphatic carbocycles. The molecule has 28 heavy (non-hydrogen) atoms. The Bertz CT molecular complexity index is 836.